The largest absolute Gasteiger partial charge is 0.495 e. The molecule has 2 heterocycles. The molecule has 2 N–H and O–H groups in total. The Balaban J connectivity index is 1.42. The molecule has 1 aromatic heterocycles. The summed E-state index contributed by atoms with van der Waals surface area (Å²) in [6.45, 7) is 6.39. The summed E-state index contributed by atoms with van der Waals surface area (Å²) < 4.78 is 10.1. The number of nitrogens with zero attached hydrogens (tertiary/aromatic N) is 3. The molecule has 188 valence electrons. The molecule has 8 nitrogen and oxygen atoms in total. The van der Waals surface area contributed by atoms with Gasteiger partial charge in [-0.1, -0.05) is 23.8 Å². The third-order valence-electron chi connectivity index (χ3n) is 5.88. The molecule has 1 fully saturated rings. The fourth-order valence-electron chi connectivity index (χ4n) is 4.22. The zero-order chi connectivity index (χ0) is 25.7. The van der Waals surface area contributed by atoms with Gasteiger partial charge in [0.05, 0.1) is 24.8 Å². The fraction of sp³-hybridized carbons (Fsp3) is 0.296. The average molecular weight is 508 g/mol. The van der Waals surface area contributed by atoms with Crippen LogP contribution in [0.5, 0.6) is 5.75 Å². The number of carbonyl (C=O) groups is 1. The lowest BCUT2D eigenvalue weighted by atomic mass is 10.1. The topological polar surface area (TPSA) is 88.6 Å². The maximum Gasteiger partial charge on any atom is 0.338 e. The van der Waals surface area contributed by atoms with Crippen molar-refractivity contribution in [3.63, 3.8) is 0 Å². The quantitative estimate of drug-likeness (QED) is 0.431. The standard InChI is InChI=1S/C27H30ClN5O3/c1-17-15-33(16-18(2)31-17)23-9-7-22(8-10-23)32-27-29-13-19(14-30-27)5-6-20-11-21(26(34)36-4)12-24(35-3)25(20)28/h5-14,17-18,31H,15-16H2,1-4H3,(H,29,30,32)/t17-,18+. The van der Waals surface area contributed by atoms with Crippen molar-refractivity contribution in [1.82, 2.24) is 15.3 Å². The molecule has 1 aliphatic rings. The first kappa shape index (κ1) is 25.5. The number of esters is 1. The normalized spacial score (nSPS) is 17.8. The highest BCUT2D eigenvalue weighted by Gasteiger charge is 2.21. The third kappa shape index (κ3) is 6.13. The van der Waals surface area contributed by atoms with Crippen LogP contribution in [-0.2, 0) is 4.74 Å². The highest BCUT2D eigenvalue weighted by Crippen LogP contribution is 2.31. The minimum Gasteiger partial charge on any atom is -0.495 e. The van der Waals surface area contributed by atoms with Gasteiger partial charge in [-0.3, -0.25) is 0 Å². The molecular formula is C27H30ClN5O3. The Morgan fingerprint density at radius 1 is 1.08 bits per heavy atom. The van der Waals surface area contributed by atoms with Gasteiger partial charge in [0.25, 0.3) is 0 Å². The van der Waals surface area contributed by atoms with Crippen molar-refractivity contribution in [2.75, 3.05) is 37.5 Å². The molecule has 0 unspecified atom stereocenters. The molecule has 3 aromatic rings. The van der Waals surface area contributed by atoms with Gasteiger partial charge in [0, 0.05) is 54.5 Å². The van der Waals surface area contributed by atoms with E-state index in [0.717, 1.165) is 24.3 Å². The summed E-state index contributed by atoms with van der Waals surface area (Å²) in [6.07, 6.45) is 7.01. The van der Waals surface area contributed by atoms with E-state index in [1.165, 1.54) is 19.9 Å². The van der Waals surface area contributed by atoms with Crippen LogP contribution >= 0.6 is 11.6 Å². The van der Waals surface area contributed by atoms with Crippen molar-refractivity contribution in [3.8, 4) is 5.75 Å². The second-order valence-electron chi connectivity index (χ2n) is 8.79. The fourth-order valence-corrected chi connectivity index (χ4v) is 4.47. The molecule has 0 aliphatic carbocycles. The summed E-state index contributed by atoms with van der Waals surface area (Å²) in [4.78, 5) is 23.2. The lowest BCUT2D eigenvalue weighted by molar-refractivity contribution is 0.0600. The van der Waals surface area contributed by atoms with Crippen LogP contribution < -0.4 is 20.3 Å². The lowest BCUT2D eigenvalue weighted by Crippen LogP contribution is -2.54. The van der Waals surface area contributed by atoms with E-state index in [0.29, 0.717) is 39.9 Å². The minimum absolute atomic E-state index is 0.348. The number of methoxy groups -OCH3 is 2. The van der Waals surface area contributed by atoms with E-state index in [1.54, 1.807) is 30.6 Å². The van der Waals surface area contributed by atoms with E-state index >= 15 is 0 Å². The van der Waals surface area contributed by atoms with Crippen LogP contribution in [0, 0.1) is 0 Å². The minimum atomic E-state index is -0.469. The van der Waals surface area contributed by atoms with Gasteiger partial charge in [-0.15, -0.1) is 0 Å². The average Bonchev–Trinajstić information content (AvgIpc) is 2.88. The van der Waals surface area contributed by atoms with Gasteiger partial charge >= 0.3 is 5.97 Å². The second kappa shape index (κ2) is 11.4. The first-order valence-corrected chi connectivity index (χ1v) is 12.1. The Hall–Kier alpha value is -3.62. The molecule has 0 bridgehead atoms. The Morgan fingerprint density at radius 3 is 2.36 bits per heavy atom. The molecule has 2 atom stereocenters. The molecule has 0 radical (unpaired) electrons. The van der Waals surface area contributed by atoms with Crippen molar-refractivity contribution in [2.45, 2.75) is 25.9 Å². The Morgan fingerprint density at radius 2 is 1.75 bits per heavy atom. The molecule has 0 amide bonds. The van der Waals surface area contributed by atoms with Crippen LogP contribution in [0.2, 0.25) is 5.02 Å². The van der Waals surface area contributed by atoms with Crippen LogP contribution in [-0.4, -0.2) is 55.3 Å². The number of halogens is 1. The first-order chi connectivity index (χ1) is 17.4. The van der Waals surface area contributed by atoms with E-state index in [4.69, 9.17) is 21.1 Å². The van der Waals surface area contributed by atoms with Crippen LogP contribution in [0.1, 0.15) is 35.3 Å². The number of benzene rings is 2. The summed E-state index contributed by atoms with van der Waals surface area (Å²) in [5, 5.41) is 7.19. The van der Waals surface area contributed by atoms with Crippen LogP contribution in [0.4, 0.5) is 17.3 Å². The maximum absolute atomic E-state index is 12.0. The Labute approximate surface area is 216 Å². The molecule has 9 heteroatoms. The van der Waals surface area contributed by atoms with Gasteiger partial charge in [0.2, 0.25) is 5.95 Å². The number of anilines is 3. The summed E-state index contributed by atoms with van der Waals surface area (Å²) in [6, 6.07) is 12.4. The highest BCUT2D eigenvalue weighted by molar-refractivity contribution is 6.33. The zero-order valence-electron chi connectivity index (χ0n) is 20.8. The lowest BCUT2D eigenvalue weighted by Gasteiger charge is -2.37. The second-order valence-corrected chi connectivity index (χ2v) is 9.17. The molecule has 4 rings (SSSR count). The third-order valence-corrected chi connectivity index (χ3v) is 6.29. The summed E-state index contributed by atoms with van der Waals surface area (Å²) in [7, 11) is 2.82. The number of nitrogens with one attached hydrogen (secondary N) is 2. The molecule has 1 saturated heterocycles. The highest BCUT2D eigenvalue weighted by atomic mass is 35.5. The monoisotopic (exact) mass is 507 g/mol. The smallest absolute Gasteiger partial charge is 0.338 e. The number of ether oxygens (including phenoxy) is 2. The Bertz CT molecular complexity index is 1220. The molecule has 0 saturated carbocycles. The van der Waals surface area contributed by atoms with E-state index in [2.05, 4.69) is 51.5 Å². The molecule has 36 heavy (non-hydrogen) atoms. The summed E-state index contributed by atoms with van der Waals surface area (Å²) in [5.41, 5.74) is 3.86. The number of carbonyl (C=O) groups excluding carboxylic acids is 1. The van der Waals surface area contributed by atoms with Gasteiger partial charge in [0.15, 0.2) is 0 Å². The summed E-state index contributed by atoms with van der Waals surface area (Å²) >= 11 is 6.41. The molecule has 1 aliphatic heterocycles. The van der Waals surface area contributed by atoms with Gasteiger partial charge in [-0.2, -0.15) is 0 Å². The van der Waals surface area contributed by atoms with E-state index in [-0.39, 0.29) is 0 Å². The van der Waals surface area contributed by atoms with E-state index in [9.17, 15) is 4.79 Å². The zero-order valence-corrected chi connectivity index (χ0v) is 21.5. The summed E-state index contributed by atoms with van der Waals surface area (Å²) in [5.74, 6) is 0.419. The van der Waals surface area contributed by atoms with Crippen molar-refractivity contribution < 1.29 is 14.3 Å². The molecule has 0 spiro atoms. The van der Waals surface area contributed by atoms with E-state index < -0.39 is 5.97 Å². The van der Waals surface area contributed by atoms with Gasteiger partial charge in [-0.25, -0.2) is 14.8 Å². The van der Waals surface area contributed by atoms with Gasteiger partial charge in [-0.05, 0) is 55.8 Å². The van der Waals surface area contributed by atoms with Crippen molar-refractivity contribution in [2.24, 2.45) is 0 Å². The van der Waals surface area contributed by atoms with Crippen LogP contribution in [0.15, 0.2) is 48.8 Å². The predicted molar refractivity (Wildman–Crippen MR) is 144 cm³/mol. The van der Waals surface area contributed by atoms with Crippen molar-refractivity contribution in [1.29, 1.82) is 0 Å². The first-order valence-electron chi connectivity index (χ1n) is 11.7. The van der Waals surface area contributed by atoms with Crippen molar-refractivity contribution in [3.05, 3.63) is 70.5 Å². The van der Waals surface area contributed by atoms with Crippen LogP contribution in [0.25, 0.3) is 12.2 Å². The van der Waals surface area contributed by atoms with E-state index in [1.807, 2.05) is 18.2 Å². The molecule has 2 aromatic carbocycles. The number of rotatable bonds is 7. The number of aromatic nitrogens is 2. The Kier molecular flexibility index (Phi) is 8.07. The van der Waals surface area contributed by atoms with Gasteiger partial charge in [0.1, 0.15) is 5.75 Å². The molecular weight excluding hydrogens is 478 g/mol. The van der Waals surface area contributed by atoms with Gasteiger partial charge < -0.3 is 25.0 Å². The number of hydrogen-bond acceptors (Lipinski definition) is 8. The SMILES string of the molecule is COC(=O)c1cc(C=Cc2cnc(Nc3ccc(N4C[C@@H](C)N[C@@H](C)C4)cc3)nc2)c(Cl)c(OC)c1. The maximum atomic E-state index is 12.0. The number of piperazine rings is 1. The predicted octanol–water partition coefficient (Wildman–Crippen LogP) is 5.03. The van der Waals surface area contributed by atoms with Crippen LogP contribution in [0.3, 0.4) is 0 Å². The van der Waals surface area contributed by atoms with Crippen molar-refractivity contribution >= 4 is 47.0 Å². The number of hydrogen-bond donors (Lipinski definition) is 2.